The highest BCUT2D eigenvalue weighted by molar-refractivity contribution is 8.00. The summed E-state index contributed by atoms with van der Waals surface area (Å²) in [5.74, 6) is 1.80. The van der Waals surface area contributed by atoms with Crippen LogP contribution in [0.25, 0.3) is 0 Å². The monoisotopic (exact) mass is 261 g/mol. The molecule has 1 aromatic rings. The highest BCUT2D eigenvalue weighted by Gasteiger charge is 2.48. The first-order chi connectivity index (χ1) is 8.62. The summed E-state index contributed by atoms with van der Waals surface area (Å²) >= 11 is 2.03. The SMILES string of the molecule is Cc1ccccc1N1C(N)=NCC12CSC(C)C2. The van der Waals surface area contributed by atoms with Crippen molar-refractivity contribution in [1.82, 2.24) is 0 Å². The number of benzene rings is 1. The van der Waals surface area contributed by atoms with Gasteiger partial charge < -0.3 is 10.6 Å². The Labute approximate surface area is 112 Å². The Hall–Kier alpha value is -1.16. The molecule has 18 heavy (non-hydrogen) atoms. The molecule has 0 amide bonds. The summed E-state index contributed by atoms with van der Waals surface area (Å²) < 4.78 is 0. The average molecular weight is 261 g/mol. The zero-order chi connectivity index (χ0) is 12.8. The van der Waals surface area contributed by atoms with E-state index in [0.717, 1.165) is 18.7 Å². The van der Waals surface area contributed by atoms with Gasteiger partial charge in [-0.3, -0.25) is 4.99 Å². The number of nitrogens with zero attached hydrogens (tertiary/aromatic N) is 2. The van der Waals surface area contributed by atoms with Gasteiger partial charge in [0.05, 0.1) is 12.1 Å². The summed E-state index contributed by atoms with van der Waals surface area (Å²) in [6, 6.07) is 8.44. The zero-order valence-corrected chi connectivity index (χ0v) is 11.7. The molecule has 0 radical (unpaired) electrons. The van der Waals surface area contributed by atoms with Gasteiger partial charge in [0, 0.05) is 16.7 Å². The van der Waals surface area contributed by atoms with E-state index in [4.69, 9.17) is 5.73 Å². The fourth-order valence-electron chi connectivity index (χ4n) is 3.02. The number of nitrogens with two attached hydrogens (primary N) is 1. The number of hydrogen-bond acceptors (Lipinski definition) is 4. The fraction of sp³-hybridized carbons (Fsp3) is 0.500. The molecule has 1 fully saturated rings. The van der Waals surface area contributed by atoms with Gasteiger partial charge in [0.2, 0.25) is 0 Å². The number of rotatable bonds is 1. The lowest BCUT2D eigenvalue weighted by Crippen LogP contribution is -2.52. The Morgan fingerprint density at radius 3 is 2.89 bits per heavy atom. The second-order valence-corrected chi connectivity index (χ2v) is 6.77. The van der Waals surface area contributed by atoms with Gasteiger partial charge in [0.15, 0.2) is 5.96 Å². The molecule has 96 valence electrons. The molecule has 0 bridgehead atoms. The molecule has 2 aliphatic rings. The van der Waals surface area contributed by atoms with E-state index in [1.807, 2.05) is 11.8 Å². The molecule has 2 heterocycles. The molecule has 2 atom stereocenters. The maximum absolute atomic E-state index is 6.15. The van der Waals surface area contributed by atoms with Crippen LogP contribution in [0.5, 0.6) is 0 Å². The first-order valence-corrected chi connectivity index (χ1v) is 7.45. The molecule has 4 heteroatoms. The van der Waals surface area contributed by atoms with E-state index < -0.39 is 0 Å². The molecule has 1 spiro atoms. The molecular formula is C14H19N3S. The molecule has 0 aliphatic carbocycles. The molecule has 0 saturated carbocycles. The molecule has 1 saturated heterocycles. The van der Waals surface area contributed by atoms with E-state index in [9.17, 15) is 0 Å². The first-order valence-electron chi connectivity index (χ1n) is 6.40. The average Bonchev–Trinajstić information content (AvgIpc) is 2.86. The summed E-state index contributed by atoms with van der Waals surface area (Å²) in [4.78, 5) is 6.79. The maximum Gasteiger partial charge on any atom is 0.196 e. The van der Waals surface area contributed by atoms with Crippen LogP contribution in [0.2, 0.25) is 0 Å². The highest BCUT2D eigenvalue weighted by atomic mass is 32.2. The molecule has 3 rings (SSSR count). The quantitative estimate of drug-likeness (QED) is 0.844. The number of anilines is 1. The van der Waals surface area contributed by atoms with Crippen molar-refractivity contribution in [3.8, 4) is 0 Å². The van der Waals surface area contributed by atoms with Crippen LogP contribution in [0.4, 0.5) is 5.69 Å². The van der Waals surface area contributed by atoms with Crippen LogP contribution in [0, 0.1) is 6.92 Å². The largest absolute Gasteiger partial charge is 0.369 e. The van der Waals surface area contributed by atoms with Crippen LogP contribution in [0.1, 0.15) is 18.9 Å². The zero-order valence-electron chi connectivity index (χ0n) is 10.9. The lowest BCUT2D eigenvalue weighted by atomic mass is 9.94. The van der Waals surface area contributed by atoms with E-state index in [0.29, 0.717) is 11.2 Å². The van der Waals surface area contributed by atoms with Gasteiger partial charge >= 0.3 is 0 Å². The Kier molecular flexibility index (Phi) is 2.77. The molecule has 2 unspecified atom stereocenters. The molecule has 3 nitrogen and oxygen atoms in total. The van der Waals surface area contributed by atoms with Gasteiger partial charge in [-0.2, -0.15) is 11.8 Å². The summed E-state index contributed by atoms with van der Waals surface area (Å²) in [6.45, 7) is 5.27. The Morgan fingerprint density at radius 1 is 1.44 bits per heavy atom. The van der Waals surface area contributed by atoms with Gasteiger partial charge in [-0.1, -0.05) is 25.1 Å². The molecule has 1 aromatic carbocycles. The number of para-hydroxylation sites is 1. The number of aryl methyl sites for hydroxylation is 1. The Morgan fingerprint density at radius 2 is 2.22 bits per heavy atom. The topological polar surface area (TPSA) is 41.6 Å². The predicted octanol–water partition coefficient (Wildman–Crippen LogP) is 2.39. The van der Waals surface area contributed by atoms with Gasteiger partial charge in [-0.25, -0.2) is 0 Å². The van der Waals surface area contributed by atoms with Gasteiger partial charge in [0.1, 0.15) is 0 Å². The molecule has 2 N–H and O–H groups in total. The van der Waals surface area contributed by atoms with Crippen molar-refractivity contribution in [3.63, 3.8) is 0 Å². The predicted molar refractivity (Wildman–Crippen MR) is 79.4 cm³/mol. The smallest absolute Gasteiger partial charge is 0.196 e. The number of guanidine groups is 1. The lowest BCUT2D eigenvalue weighted by Gasteiger charge is -2.36. The second-order valence-electron chi connectivity index (χ2n) is 5.35. The number of aliphatic imine (C=N–C) groups is 1. The summed E-state index contributed by atoms with van der Waals surface area (Å²) in [5.41, 5.74) is 8.74. The minimum Gasteiger partial charge on any atom is -0.369 e. The second kappa shape index (κ2) is 4.19. The fourth-order valence-corrected chi connectivity index (χ4v) is 4.38. The van der Waals surface area contributed by atoms with Crippen molar-refractivity contribution in [2.75, 3.05) is 17.2 Å². The summed E-state index contributed by atoms with van der Waals surface area (Å²) in [5, 5.41) is 0.692. The standard InChI is InChI=1S/C14H19N3S/c1-10-5-3-4-6-12(10)17-13(15)16-8-14(17)7-11(2)18-9-14/h3-6,11H,7-9H2,1-2H3,(H2,15,16). The van der Waals surface area contributed by atoms with Crippen molar-refractivity contribution in [1.29, 1.82) is 0 Å². The van der Waals surface area contributed by atoms with Gasteiger partial charge in [-0.15, -0.1) is 0 Å². The van der Waals surface area contributed by atoms with Crippen LogP contribution in [0.3, 0.4) is 0 Å². The van der Waals surface area contributed by atoms with E-state index in [1.165, 1.54) is 11.3 Å². The van der Waals surface area contributed by atoms with Crippen LogP contribution >= 0.6 is 11.8 Å². The summed E-state index contributed by atoms with van der Waals surface area (Å²) in [6.07, 6.45) is 1.16. The van der Waals surface area contributed by atoms with Crippen molar-refractivity contribution in [2.24, 2.45) is 10.7 Å². The van der Waals surface area contributed by atoms with Gasteiger partial charge in [0.25, 0.3) is 0 Å². The van der Waals surface area contributed by atoms with Crippen molar-refractivity contribution < 1.29 is 0 Å². The minimum absolute atomic E-state index is 0.111. The third-order valence-corrected chi connectivity index (χ3v) is 5.34. The maximum atomic E-state index is 6.15. The van der Waals surface area contributed by atoms with E-state index in [1.54, 1.807) is 0 Å². The molecule has 2 aliphatic heterocycles. The third kappa shape index (κ3) is 1.70. The van der Waals surface area contributed by atoms with Crippen LogP contribution in [0.15, 0.2) is 29.3 Å². The Bertz CT molecular complexity index is 500. The van der Waals surface area contributed by atoms with Crippen molar-refractivity contribution >= 4 is 23.4 Å². The third-order valence-electron chi connectivity index (χ3n) is 3.90. The highest BCUT2D eigenvalue weighted by Crippen LogP contribution is 2.43. The lowest BCUT2D eigenvalue weighted by molar-refractivity contribution is 0.493. The van der Waals surface area contributed by atoms with Crippen LogP contribution in [-0.4, -0.2) is 29.0 Å². The normalized spacial score (nSPS) is 31.1. The summed E-state index contributed by atoms with van der Waals surface area (Å²) in [7, 11) is 0. The molecule has 0 aromatic heterocycles. The van der Waals surface area contributed by atoms with Gasteiger partial charge in [-0.05, 0) is 25.0 Å². The Balaban J connectivity index is 2.03. The molecular weight excluding hydrogens is 242 g/mol. The first kappa shape index (κ1) is 11.9. The van der Waals surface area contributed by atoms with E-state index >= 15 is 0 Å². The van der Waals surface area contributed by atoms with Crippen LogP contribution in [-0.2, 0) is 0 Å². The van der Waals surface area contributed by atoms with Crippen molar-refractivity contribution in [3.05, 3.63) is 29.8 Å². The minimum atomic E-state index is 0.111. The van der Waals surface area contributed by atoms with Crippen molar-refractivity contribution in [2.45, 2.75) is 31.1 Å². The van der Waals surface area contributed by atoms with E-state index in [2.05, 4.69) is 48.0 Å². The number of hydrogen-bond donors (Lipinski definition) is 1. The number of thioether (sulfide) groups is 1. The van der Waals surface area contributed by atoms with Crippen LogP contribution < -0.4 is 10.6 Å². The van der Waals surface area contributed by atoms with E-state index in [-0.39, 0.29) is 5.54 Å².